The third-order valence-corrected chi connectivity index (χ3v) is 4.51. The quantitative estimate of drug-likeness (QED) is 0.853. The van der Waals surface area contributed by atoms with E-state index in [0.717, 1.165) is 18.0 Å². The standard InChI is InChI=1S/C12H12ClN3OS/c13-7-3-4-9(14)8(6-7)12-15-11(16-17-12)10-2-1-5-18-10/h3-4,6,10H,1-2,5,14H2. The van der Waals surface area contributed by atoms with Gasteiger partial charge in [0.15, 0.2) is 5.82 Å². The molecule has 0 spiro atoms. The van der Waals surface area contributed by atoms with Crippen LogP contribution in [0.5, 0.6) is 0 Å². The highest BCUT2D eigenvalue weighted by Crippen LogP contribution is 2.39. The molecule has 2 N–H and O–H groups in total. The van der Waals surface area contributed by atoms with E-state index in [9.17, 15) is 0 Å². The van der Waals surface area contributed by atoms with E-state index in [0.29, 0.717) is 27.4 Å². The van der Waals surface area contributed by atoms with Crippen LogP contribution in [0.1, 0.15) is 23.9 Å². The summed E-state index contributed by atoms with van der Waals surface area (Å²) in [5, 5.41) is 5.00. The van der Waals surface area contributed by atoms with Crippen LogP contribution in [-0.4, -0.2) is 15.9 Å². The van der Waals surface area contributed by atoms with Gasteiger partial charge in [-0.3, -0.25) is 0 Å². The maximum Gasteiger partial charge on any atom is 0.260 e. The normalized spacial score (nSPS) is 19.3. The van der Waals surface area contributed by atoms with Crippen LogP contribution in [0.3, 0.4) is 0 Å². The average molecular weight is 282 g/mol. The van der Waals surface area contributed by atoms with E-state index in [1.165, 1.54) is 6.42 Å². The maximum atomic E-state index is 5.95. The van der Waals surface area contributed by atoms with Crippen molar-refractivity contribution < 1.29 is 4.52 Å². The molecule has 2 heterocycles. The van der Waals surface area contributed by atoms with Crippen LogP contribution in [0.15, 0.2) is 22.7 Å². The van der Waals surface area contributed by atoms with Crippen molar-refractivity contribution in [3.8, 4) is 11.5 Å². The molecule has 1 aromatic carbocycles. The number of anilines is 1. The number of nitrogens with zero attached hydrogens (tertiary/aromatic N) is 2. The first-order valence-corrected chi connectivity index (χ1v) is 7.17. The topological polar surface area (TPSA) is 64.9 Å². The highest BCUT2D eigenvalue weighted by atomic mass is 35.5. The predicted octanol–water partition coefficient (Wildman–Crippen LogP) is 3.54. The van der Waals surface area contributed by atoms with E-state index in [4.69, 9.17) is 21.9 Å². The van der Waals surface area contributed by atoms with E-state index >= 15 is 0 Å². The fourth-order valence-corrected chi connectivity index (χ4v) is 3.34. The van der Waals surface area contributed by atoms with E-state index in [2.05, 4.69) is 10.1 Å². The Balaban J connectivity index is 1.94. The molecular formula is C12H12ClN3OS. The Morgan fingerprint density at radius 1 is 1.44 bits per heavy atom. The van der Waals surface area contributed by atoms with Gasteiger partial charge in [0.1, 0.15) is 0 Å². The molecule has 2 aromatic rings. The van der Waals surface area contributed by atoms with Gasteiger partial charge < -0.3 is 10.3 Å². The minimum atomic E-state index is 0.350. The monoisotopic (exact) mass is 281 g/mol. The van der Waals surface area contributed by atoms with Crippen molar-refractivity contribution >= 4 is 29.1 Å². The summed E-state index contributed by atoms with van der Waals surface area (Å²) < 4.78 is 5.29. The summed E-state index contributed by atoms with van der Waals surface area (Å²) in [4.78, 5) is 4.43. The van der Waals surface area contributed by atoms with Crippen LogP contribution >= 0.6 is 23.4 Å². The van der Waals surface area contributed by atoms with Crippen LogP contribution in [0.25, 0.3) is 11.5 Å². The van der Waals surface area contributed by atoms with Gasteiger partial charge in [-0.15, -0.1) is 0 Å². The SMILES string of the molecule is Nc1ccc(Cl)cc1-c1nc(C2CCCS2)no1. The largest absolute Gasteiger partial charge is 0.398 e. The predicted molar refractivity (Wildman–Crippen MR) is 73.6 cm³/mol. The number of aromatic nitrogens is 2. The first-order valence-electron chi connectivity index (χ1n) is 5.74. The first-order chi connectivity index (χ1) is 8.74. The van der Waals surface area contributed by atoms with Crippen LogP contribution in [0, 0.1) is 0 Å². The van der Waals surface area contributed by atoms with Gasteiger partial charge in [-0.25, -0.2) is 0 Å². The zero-order valence-corrected chi connectivity index (χ0v) is 11.2. The third kappa shape index (κ3) is 2.20. The minimum absolute atomic E-state index is 0.350. The van der Waals surface area contributed by atoms with E-state index < -0.39 is 0 Å². The zero-order valence-electron chi connectivity index (χ0n) is 9.60. The number of hydrogen-bond acceptors (Lipinski definition) is 5. The fourth-order valence-electron chi connectivity index (χ4n) is 1.97. The molecule has 0 saturated carbocycles. The summed E-state index contributed by atoms with van der Waals surface area (Å²) in [6, 6.07) is 5.23. The molecule has 1 aromatic heterocycles. The molecule has 1 atom stereocenters. The molecule has 4 nitrogen and oxygen atoms in total. The molecule has 0 bridgehead atoms. The second-order valence-electron chi connectivity index (χ2n) is 4.19. The van der Waals surface area contributed by atoms with Crippen molar-refractivity contribution in [2.45, 2.75) is 18.1 Å². The van der Waals surface area contributed by atoms with Gasteiger partial charge >= 0.3 is 0 Å². The smallest absolute Gasteiger partial charge is 0.260 e. The summed E-state index contributed by atoms with van der Waals surface area (Å²) in [5.41, 5.74) is 7.18. The molecule has 1 fully saturated rings. The molecule has 1 unspecified atom stereocenters. The van der Waals surface area contributed by atoms with Crippen molar-refractivity contribution in [1.82, 2.24) is 10.1 Å². The third-order valence-electron chi connectivity index (χ3n) is 2.91. The molecule has 3 rings (SSSR count). The highest BCUT2D eigenvalue weighted by molar-refractivity contribution is 7.99. The summed E-state index contributed by atoms with van der Waals surface area (Å²) in [5.74, 6) is 2.36. The molecule has 6 heteroatoms. The molecule has 1 saturated heterocycles. The van der Waals surface area contributed by atoms with Crippen molar-refractivity contribution in [2.24, 2.45) is 0 Å². The van der Waals surface area contributed by atoms with Crippen LogP contribution in [0.4, 0.5) is 5.69 Å². The van der Waals surface area contributed by atoms with E-state index in [-0.39, 0.29) is 0 Å². The van der Waals surface area contributed by atoms with Crippen molar-refractivity contribution in [3.63, 3.8) is 0 Å². The van der Waals surface area contributed by atoms with Gasteiger partial charge in [0.25, 0.3) is 5.89 Å². The van der Waals surface area contributed by atoms with Crippen LogP contribution < -0.4 is 5.73 Å². The van der Waals surface area contributed by atoms with Crippen molar-refractivity contribution in [2.75, 3.05) is 11.5 Å². The van der Waals surface area contributed by atoms with Gasteiger partial charge in [-0.05, 0) is 36.8 Å². The van der Waals surface area contributed by atoms with E-state index in [1.54, 1.807) is 18.2 Å². The maximum absolute atomic E-state index is 5.95. The first kappa shape index (κ1) is 11.9. The van der Waals surface area contributed by atoms with Gasteiger partial charge in [-0.1, -0.05) is 16.8 Å². The minimum Gasteiger partial charge on any atom is -0.398 e. The van der Waals surface area contributed by atoms with Gasteiger partial charge in [-0.2, -0.15) is 16.7 Å². The second kappa shape index (κ2) is 4.82. The molecular weight excluding hydrogens is 270 g/mol. The lowest BCUT2D eigenvalue weighted by atomic mass is 10.2. The number of thioether (sulfide) groups is 1. The molecule has 0 radical (unpaired) electrons. The number of halogens is 1. The summed E-state index contributed by atoms with van der Waals surface area (Å²) in [6.45, 7) is 0. The van der Waals surface area contributed by atoms with Gasteiger partial charge in [0, 0.05) is 10.7 Å². The van der Waals surface area contributed by atoms with Crippen molar-refractivity contribution in [1.29, 1.82) is 0 Å². The number of rotatable bonds is 2. The Morgan fingerprint density at radius 3 is 3.11 bits per heavy atom. The molecule has 0 aliphatic carbocycles. The van der Waals surface area contributed by atoms with Crippen LogP contribution in [0.2, 0.25) is 5.02 Å². The lowest BCUT2D eigenvalue weighted by molar-refractivity contribution is 0.421. The summed E-state index contributed by atoms with van der Waals surface area (Å²) >= 11 is 7.82. The number of nitrogen functional groups attached to an aromatic ring is 1. The van der Waals surface area contributed by atoms with Gasteiger partial charge in [0.05, 0.1) is 10.8 Å². The lowest BCUT2D eigenvalue weighted by Crippen LogP contribution is -1.92. The Hall–Kier alpha value is -1.20. The van der Waals surface area contributed by atoms with Gasteiger partial charge in [0.2, 0.25) is 0 Å². The molecule has 1 aliphatic rings. The number of nitrogens with two attached hydrogens (primary N) is 1. The molecule has 18 heavy (non-hydrogen) atoms. The fraction of sp³-hybridized carbons (Fsp3) is 0.333. The lowest BCUT2D eigenvalue weighted by Gasteiger charge is -2.01. The summed E-state index contributed by atoms with van der Waals surface area (Å²) in [7, 11) is 0. The van der Waals surface area contributed by atoms with E-state index in [1.807, 2.05) is 11.8 Å². The summed E-state index contributed by atoms with van der Waals surface area (Å²) in [6.07, 6.45) is 2.31. The number of benzene rings is 1. The highest BCUT2D eigenvalue weighted by Gasteiger charge is 2.23. The molecule has 1 aliphatic heterocycles. The average Bonchev–Trinajstić information content (AvgIpc) is 3.00. The van der Waals surface area contributed by atoms with Crippen LogP contribution in [-0.2, 0) is 0 Å². The second-order valence-corrected chi connectivity index (χ2v) is 5.94. The molecule has 94 valence electrons. The Labute approximate surface area is 114 Å². The molecule has 0 amide bonds. The van der Waals surface area contributed by atoms with Crippen molar-refractivity contribution in [3.05, 3.63) is 29.0 Å². The Morgan fingerprint density at radius 2 is 2.33 bits per heavy atom. The zero-order chi connectivity index (χ0) is 12.5. The Kier molecular flexibility index (Phi) is 3.18. The Bertz CT molecular complexity index is 566. The number of hydrogen-bond donors (Lipinski definition) is 1.